The third kappa shape index (κ3) is 8.36. The van der Waals surface area contributed by atoms with Gasteiger partial charge in [0.05, 0.1) is 27.9 Å². The van der Waals surface area contributed by atoms with E-state index in [2.05, 4.69) is 10.1 Å². The summed E-state index contributed by atoms with van der Waals surface area (Å²) in [6.07, 6.45) is -1.67. The van der Waals surface area contributed by atoms with Crippen LogP contribution < -0.4 is 10.1 Å². The molecule has 0 aliphatic carbocycles. The lowest BCUT2D eigenvalue weighted by molar-refractivity contribution is -0.385. The molecule has 3 aromatic carbocycles. The minimum atomic E-state index is -3.14. The Morgan fingerprint density at radius 3 is 2.16 bits per heavy atom. The Kier molecular flexibility index (Phi) is 11.7. The fourth-order valence-electron chi connectivity index (χ4n) is 7.18. The average molecular weight is 812 g/mol. The Morgan fingerprint density at radius 2 is 1.61 bits per heavy atom. The number of halogens is 2. The monoisotopic (exact) mass is 811 g/mol. The number of anilines is 1. The summed E-state index contributed by atoms with van der Waals surface area (Å²) in [6, 6.07) is 15.4. The lowest BCUT2D eigenvalue weighted by Gasteiger charge is -2.46. The molecule has 3 aliphatic rings. The van der Waals surface area contributed by atoms with Gasteiger partial charge in [-0.25, -0.2) is 9.59 Å². The second-order valence-corrected chi connectivity index (χ2v) is 14.9. The predicted molar refractivity (Wildman–Crippen MR) is 196 cm³/mol. The predicted octanol–water partition coefficient (Wildman–Crippen LogP) is 5.37. The quantitative estimate of drug-likeness (QED) is 0.0648. The maximum Gasteiger partial charge on any atom is 0.412 e. The van der Waals surface area contributed by atoms with Gasteiger partial charge in [0.15, 0.2) is 11.9 Å². The lowest BCUT2D eigenvalue weighted by atomic mass is 9.79. The van der Waals surface area contributed by atoms with Gasteiger partial charge in [-0.1, -0.05) is 13.0 Å². The van der Waals surface area contributed by atoms with Crippen LogP contribution in [0.3, 0.4) is 0 Å². The molecule has 300 valence electrons. The zero-order valence-corrected chi connectivity index (χ0v) is 31.0. The third-order valence-electron chi connectivity index (χ3n) is 9.86. The number of hydrogen-bond acceptors (Lipinski definition) is 14. The molecule has 2 amide bonds. The van der Waals surface area contributed by atoms with Crippen molar-refractivity contribution in [1.29, 1.82) is 0 Å². The Morgan fingerprint density at radius 1 is 1.02 bits per heavy atom. The number of non-ortho nitro benzene ring substituents is 2. The van der Waals surface area contributed by atoms with Crippen molar-refractivity contribution in [3.05, 3.63) is 115 Å². The molecule has 17 nitrogen and oxygen atoms in total. The SMILES string of the molecule is C[C@@H](O)[C@H]1C(=O)N2C(C(=O)OCc3ccc([N+](=O)[O-])cc3)=C(S[C@@H]3CN(C(=O)OCc4ccc([N+](=O)[O-])cc4)[C@@](C=O)(Nc4cccc(OC(F)F)c4)C3)[C@H](C)[C@H]12. The van der Waals surface area contributed by atoms with Crippen molar-refractivity contribution in [2.45, 2.75) is 63.2 Å². The summed E-state index contributed by atoms with van der Waals surface area (Å²) in [4.78, 5) is 77.9. The van der Waals surface area contributed by atoms with Crippen LogP contribution in [-0.4, -0.2) is 85.2 Å². The van der Waals surface area contributed by atoms with Crippen LogP contribution in [-0.2, 0) is 37.1 Å². The fourth-order valence-corrected chi connectivity index (χ4v) is 8.75. The molecule has 3 aliphatic heterocycles. The zero-order chi connectivity index (χ0) is 41.2. The number of rotatable bonds is 15. The van der Waals surface area contributed by atoms with E-state index in [1.807, 2.05) is 0 Å². The van der Waals surface area contributed by atoms with Crippen LogP contribution in [0.25, 0.3) is 0 Å². The number of alkyl halides is 2. The highest BCUT2D eigenvalue weighted by molar-refractivity contribution is 8.03. The first-order valence-corrected chi connectivity index (χ1v) is 18.3. The standard InChI is InChI=1S/C37H35F2N5O12S/c1-20-30-29(21(2)46)33(47)42(30)31(34(48)54-17-22-6-10-25(11-7-22)43(50)51)32(20)57-28-15-37(19-45,40-24-4-3-5-27(14-24)56-35(38)39)41(16-28)36(49)55-18-23-8-12-26(13-9-23)44(52)53/h3-14,19-21,28-30,35,40,46H,15-18H2,1-2H3/t20-,21-,28+,29-,30-,37+/m1/s1. The van der Waals surface area contributed by atoms with Crippen LogP contribution in [0.2, 0.25) is 0 Å². The number of hydrogen-bond donors (Lipinski definition) is 2. The number of nitro benzene ring substituents is 2. The normalized spacial score (nSPS) is 23.1. The Hall–Kier alpha value is -6.15. The first kappa shape index (κ1) is 40.5. The molecule has 2 saturated heterocycles. The summed E-state index contributed by atoms with van der Waals surface area (Å²) in [6.45, 7) is -0.687. The molecule has 0 spiro atoms. The molecule has 6 rings (SSSR count). The van der Waals surface area contributed by atoms with Gasteiger partial charge in [0.2, 0.25) is 5.91 Å². The zero-order valence-electron chi connectivity index (χ0n) is 30.2. The van der Waals surface area contributed by atoms with Gasteiger partial charge in [0.1, 0.15) is 24.7 Å². The van der Waals surface area contributed by atoms with E-state index in [1.54, 1.807) is 6.92 Å². The number of carbonyl (C=O) groups is 4. The maximum absolute atomic E-state index is 13.8. The summed E-state index contributed by atoms with van der Waals surface area (Å²) in [5.41, 5.74) is -1.28. The number of aliphatic hydroxyl groups is 1. The van der Waals surface area contributed by atoms with Crippen molar-refractivity contribution in [2.24, 2.45) is 11.8 Å². The van der Waals surface area contributed by atoms with Gasteiger partial charge >= 0.3 is 18.7 Å². The van der Waals surface area contributed by atoms with Gasteiger partial charge in [-0.2, -0.15) is 8.78 Å². The van der Waals surface area contributed by atoms with E-state index in [1.165, 1.54) is 84.6 Å². The average Bonchev–Trinajstić information content (AvgIpc) is 3.65. The highest BCUT2D eigenvalue weighted by Crippen LogP contribution is 2.53. The molecule has 0 saturated carbocycles. The number of nitro groups is 2. The van der Waals surface area contributed by atoms with Crippen molar-refractivity contribution in [1.82, 2.24) is 9.80 Å². The van der Waals surface area contributed by atoms with E-state index in [4.69, 9.17) is 9.47 Å². The van der Waals surface area contributed by atoms with E-state index in [-0.39, 0.29) is 54.7 Å². The molecule has 2 fully saturated rings. The van der Waals surface area contributed by atoms with Crippen LogP contribution in [0.4, 0.5) is 30.6 Å². The number of β-lactam (4-membered cyclic amide) rings is 1. The number of nitrogens with zero attached hydrogens (tertiary/aromatic N) is 4. The Balaban J connectivity index is 1.29. The van der Waals surface area contributed by atoms with Crippen LogP contribution in [0.1, 0.15) is 31.4 Å². The van der Waals surface area contributed by atoms with Crippen LogP contribution in [0.5, 0.6) is 5.75 Å². The van der Waals surface area contributed by atoms with Crippen molar-refractivity contribution in [2.75, 3.05) is 11.9 Å². The largest absolute Gasteiger partial charge is 0.456 e. The van der Waals surface area contributed by atoms with Crippen LogP contribution in [0, 0.1) is 32.1 Å². The van der Waals surface area contributed by atoms with Gasteiger partial charge in [0.25, 0.3) is 11.4 Å². The number of nitrogens with one attached hydrogen (secondary N) is 1. The molecule has 2 N–H and O–H groups in total. The summed E-state index contributed by atoms with van der Waals surface area (Å²) < 4.78 is 41.7. The number of aliphatic hydroxyl groups excluding tert-OH is 1. The molecule has 3 heterocycles. The van der Waals surface area contributed by atoms with Crippen molar-refractivity contribution in [3.63, 3.8) is 0 Å². The molecule has 20 heteroatoms. The number of carbonyl (C=O) groups excluding carboxylic acids is 4. The minimum absolute atomic E-state index is 0.0815. The number of benzene rings is 3. The number of esters is 1. The maximum atomic E-state index is 13.8. The molecular weight excluding hydrogens is 776 g/mol. The molecule has 0 aromatic heterocycles. The van der Waals surface area contributed by atoms with E-state index in [9.17, 15) is 53.3 Å². The number of thioether (sulfide) groups is 1. The topological polar surface area (TPSA) is 221 Å². The van der Waals surface area contributed by atoms with Gasteiger partial charge in [-0.15, -0.1) is 11.8 Å². The summed E-state index contributed by atoms with van der Waals surface area (Å²) in [5, 5.41) is 34.9. The van der Waals surface area contributed by atoms with Crippen LogP contribution >= 0.6 is 11.8 Å². The Bertz CT molecular complexity index is 2100. The summed E-state index contributed by atoms with van der Waals surface area (Å²) in [7, 11) is 0. The number of fused-ring (bicyclic) bond motifs is 1. The first-order chi connectivity index (χ1) is 27.1. The van der Waals surface area contributed by atoms with Gasteiger partial charge in [0, 0.05) is 65.1 Å². The van der Waals surface area contributed by atoms with Crippen molar-refractivity contribution < 1.29 is 57.1 Å². The first-order valence-electron chi connectivity index (χ1n) is 17.4. The van der Waals surface area contributed by atoms with Crippen molar-refractivity contribution >= 4 is 53.1 Å². The minimum Gasteiger partial charge on any atom is -0.456 e. The van der Waals surface area contributed by atoms with Gasteiger partial charge < -0.3 is 29.5 Å². The third-order valence-corrected chi connectivity index (χ3v) is 11.3. The number of aldehydes is 1. The lowest BCUT2D eigenvalue weighted by Crippen LogP contribution is -2.63. The molecule has 0 unspecified atom stereocenters. The second-order valence-electron chi connectivity index (χ2n) is 13.6. The smallest absolute Gasteiger partial charge is 0.412 e. The van der Waals surface area contributed by atoms with E-state index < -0.39 is 69.3 Å². The van der Waals surface area contributed by atoms with Gasteiger partial charge in [-0.05, 0) is 54.4 Å². The number of likely N-dealkylation sites (tertiary alicyclic amines) is 1. The van der Waals surface area contributed by atoms with Crippen LogP contribution in [0.15, 0.2) is 83.4 Å². The van der Waals surface area contributed by atoms with E-state index in [0.717, 1.165) is 16.7 Å². The Labute approximate surface area is 326 Å². The molecule has 57 heavy (non-hydrogen) atoms. The van der Waals surface area contributed by atoms with Crippen molar-refractivity contribution in [3.8, 4) is 5.75 Å². The van der Waals surface area contributed by atoms with Gasteiger partial charge in [-0.3, -0.25) is 34.7 Å². The summed E-state index contributed by atoms with van der Waals surface area (Å²) >= 11 is 1.12. The molecule has 0 radical (unpaired) electrons. The summed E-state index contributed by atoms with van der Waals surface area (Å²) in [5.74, 6) is -2.95. The molecule has 6 atom stereocenters. The van der Waals surface area contributed by atoms with E-state index >= 15 is 0 Å². The van der Waals surface area contributed by atoms with E-state index in [0.29, 0.717) is 22.3 Å². The molecular formula is C37H35F2N5O12S. The highest BCUT2D eigenvalue weighted by Gasteiger charge is 2.61. The number of amides is 2. The molecule has 3 aromatic rings. The highest BCUT2D eigenvalue weighted by atomic mass is 32.2. The fraction of sp³-hybridized carbons (Fsp3) is 0.351. The molecule has 0 bridgehead atoms. The number of ether oxygens (including phenoxy) is 3. The second kappa shape index (κ2) is 16.5.